The van der Waals surface area contributed by atoms with Gasteiger partial charge in [-0.3, -0.25) is 0 Å². The molecule has 4 aromatic carbocycles. The summed E-state index contributed by atoms with van der Waals surface area (Å²) in [6, 6.07) is 22.4. The molecule has 6 atom stereocenters. The van der Waals surface area contributed by atoms with Gasteiger partial charge in [-0.05, 0) is 78.7 Å². The van der Waals surface area contributed by atoms with Crippen molar-refractivity contribution in [3.05, 3.63) is 128 Å². The van der Waals surface area contributed by atoms with Gasteiger partial charge in [-0.25, -0.2) is 25.3 Å². The Morgan fingerprint density at radius 2 is 0.932 bits per heavy atom. The van der Waals surface area contributed by atoms with Crippen molar-refractivity contribution in [3.63, 3.8) is 0 Å². The molecule has 2 saturated carbocycles. The smallest absolute Gasteiger partial charge is 0.183 e. The highest BCUT2D eigenvalue weighted by Crippen LogP contribution is 2.61. The monoisotopic (exact) mass is 728 g/mol. The van der Waals surface area contributed by atoms with Gasteiger partial charge < -0.3 is 0 Å². The molecule has 0 heterocycles. The van der Waals surface area contributed by atoms with Crippen molar-refractivity contribution in [2.24, 2.45) is 0 Å². The number of benzene rings is 4. The van der Waals surface area contributed by atoms with Crippen LogP contribution in [0.3, 0.4) is 0 Å². The van der Waals surface area contributed by atoms with Gasteiger partial charge in [0, 0.05) is 31.9 Å². The lowest BCUT2D eigenvalue weighted by molar-refractivity contribution is 0.583. The normalized spacial score (nSPS) is 25.0. The van der Waals surface area contributed by atoms with Gasteiger partial charge in [-0.2, -0.15) is 0 Å². The number of sulfone groups is 3. The van der Waals surface area contributed by atoms with E-state index in [1.807, 2.05) is 6.92 Å². The zero-order valence-corrected chi connectivity index (χ0v) is 28.3. The average Bonchev–Trinajstić information content (AvgIpc) is 3.87. The largest absolute Gasteiger partial charge is 0.228 e. The van der Waals surface area contributed by atoms with Crippen LogP contribution in [0, 0.1) is 6.92 Å². The minimum Gasteiger partial charge on any atom is -0.228 e. The third-order valence-electron chi connectivity index (χ3n) is 8.33. The van der Waals surface area contributed by atoms with E-state index in [9.17, 15) is 25.3 Å². The predicted molar refractivity (Wildman–Crippen MR) is 174 cm³/mol. The predicted octanol–water partition coefficient (Wildman–Crippen LogP) is 7.34. The van der Waals surface area contributed by atoms with Crippen LogP contribution in [0.2, 0.25) is 20.1 Å². The molecule has 0 N–H and O–H groups in total. The first-order chi connectivity index (χ1) is 20.7. The number of hydrogen-bond acceptors (Lipinski definition) is 6. The van der Waals surface area contributed by atoms with Crippen molar-refractivity contribution in [1.29, 1.82) is 0 Å². The summed E-state index contributed by atoms with van der Waals surface area (Å²) in [5.41, 5.74) is 1.75. The minimum atomic E-state index is -4.42. The summed E-state index contributed by atoms with van der Waals surface area (Å²) >= 11 is 24.6. The molecule has 0 spiro atoms. The highest BCUT2D eigenvalue weighted by atomic mass is 35.5. The van der Waals surface area contributed by atoms with E-state index in [1.165, 1.54) is 66.7 Å². The lowest BCUT2D eigenvalue weighted by Gasteiger charge is -2.07. The van der Waals surface area contributed by atoms with Gasteiger partial charge in [0.2, 0.25) is 0 Å². The summed E-state index contributed by atoms with van der Waals surface area (Å²) in [6.07, 6.45) is 0. The van der Waals surface area contributed by atoms with E-state index in [1.54, 1.807) is 24.3 Å². The van der Waals surface area contributed by atoms with Gasteiger partial charge in [-0.15, -0.1) is 0 Å². The van der Waals surface area contributed by atoms with E-state index in [0.29, 0.717) is 26.2 Å². The molecule has 2 aliphatic carbocycles. The Hall–Kier alpha value is -2.11. The second-order valence-electron chi connectivity index (χ2n) is 11.1. The van der Waals surface area contributed by atoms with Crippen LogP contribution in [0.25, 0.3) is 0 Å². The van der Waals surface area contributed by atoms with Crippen molar-refractivity contribution in [1.82, 2.24) is 0 Å². The van der Waals surface area contributed by atoms with Gasteiger partial charge in [0.15, 0.2) is 29.5 Å². The van der Waals surface area contributed by atoms with Gasteiger partial charge >= 0.3 is 0 Å². The first kappa shape index (κ1) is 31.9. The van der Waals surface area contributed by atoms with Crippen molar-refractivity contribution in [3.8, 4) is 0 Å². The highest BCUT2D eigenvalue weighted by Gasteiger charge is 2.74. The lowest BCUT2D eigenvalue weighted by atomic mass is 10.1. The van der Waals surface area contributed by atoms with Crippen LogP contribution in [0.5, 0.6) is 0 Å². The second kappa shape index (κ2) is 11.3. The van der Waals surface area contributed by atoms with Crippen LogP contribution in [0.4, 0.5) is 0 Å². The molecule has 0 saturated heterocycles. The third kappa shape index (κ3) is 5.48. The molecule has 6 nitrogen and oxygen atoms in total. The Labute approximate surface area is 276 Å². The molecule has 0 radical (unpaired) electrons. The Balaban J connectivity index is 1.47. The fourth-order valence-corrected chi connectivity index (χ4v) is 15.5. The van der Waals surface area contributed by atoms with E-state index >= 15 is 0 Å². The fraction of sp³-hybridized carbons (Fsp3) is 0.226. The van der Waals surface area contributed by atoms with Crippen LogP contribution < -0.4 is 0 Å². The van der Waals surface area contributed by atoms with Crippen molar-refractivity contribution in [2.75, 3.05) is 0 Å². The highest BCUT2D eigenvalue weighted by molar-refractivity contribution is 7.99. The zero-order valence-electron chi connectivity index (χ0n) is 22.8. The molecule has 44 heavy (non-hydrogen) atoms. The summed E-state index contributed by atoms with van der Waals surface area (Å²) in [5, 5.41) is -4.53. The molecule has 2 aliphatic rings. The molecule has 0 bridgehead atoms. The number of rotatable bonds is 8. The Morgan fingerprint density at radius 3 is 1.41 bits per heavy atom. The second-order valence-corrected chi connectivity index (χ2v) is 19.3. The first-order valence-electron chi connectivity index (χ1n) is 13.4. The molecular weight excluding hydrogens is 706 g/mol. The standard InChI is InChI=1S/C31H24Cl4O6S3/c1-17-2-4-18(5-3-17)26-28(42(36,37)22-11-6-19(32)7-12-22)29(26)44(40,41)31-27(24-15-10-21(34)16-25(24)35)30(31)43(38,39)23-13-8-20(33)9-14-23/h2-16,26-31H,1H3/t26-,27-,28?,29-,30?,31+/m1/s1. The van der Waals surface area contributed by atoms with Crippen molar-refractivity contribution in [2.45, 2.75) is 49.6 Å². The van der Waals surface area contributed by atoms with Crippen LogP contribution in [-0.4, -0.2) is 46.3 Å². The Kier molecular flexibility index (Phi) is 8.18. The van der Waals surface area contributed by atoms with Crippen LogP contribution >= 0.6 is 46.4 Å². The average molecular weight is 731 g/mol. The van der Waals surface area contributed by atoms with Crippen molar-refractivity contribution >= 4 is 75.9 Å². The number of aryl methyl sites for hydroxylation is 1. The molecule has 6 rings (SSSR count). The maximum Gasteiger partial charge on any atom is 0.183 e. The molecule has 0 aromatic heterocycles. The summed E-state index contributed by atoms with van der Waals surface area (Å²) in [4.78, 5) is -0.170. The summed E-state index contributed by atoms with van der Waals surface area (Å²) < 4.78 is 85.1. The van der Waals surface area contributed by atoms with Crippen LogP contribution in [0.15, 0.2) is 101 Å². The molecule has 0 amide bonds. The van der Waals surface area contributed by atoms with E-state index in [2.05, 4.69) is 0 Å². The molecule has 2 fully saturated rings. The fourth-order valence-electron chi connectivity index (χ4n) is 6.07. The third-order valence-corrected chi connectivity index (χ3v) is 16.9. The van der Waals surface area contributed by atoms with E-state index in [0.717, 1.165) is 5.56 Å². The van der Waals surface area contributed by atoms with Gasteiger partial charge in [0.1, 0.15) is 0 Å². The number of hydrogen-bond donors (Lipinski definition) is 0. The number of halogens is 4. The summed E-state index contributed by atoms with van der Waals surface area (Å²) in [6.45, 7) is 1.86. The first-order valence-corrected chi connectivity index (χ1v) is 19.6. The maximum atomic E-state index is 14.6. The zero-order chi connectivity index (χ0) is 31.8. The molecular formula is C31H24Cl4O6S3. The van der Waals surface area contributed by atoms with Gasteiger partial charge in [0.25, 0.3) is 0 Å². The SMILES string of the molecule is Cc1ccc([C@@H]2C(S(=O)(=O)c3ccc(Cl)cc3)[C@@H]2S(=O)(=O)[C@@H]2C(S(=O)(=O)c3ccc(Cl)cc3)[C@H]2c2ccc(Cl)cc2Cl)cc1. The maximum absolute atomic E-state index is 14.6. The summed E-state index contributed by atoms with van der Waals surface area (Å²) in [5.74, 6) is -1.97. The summed E-state index contributed by atoms with van der Waals surface area (Å²) in [7, 11) is -12.8. The van der Waals surface area contributed by atoms with E-state index < -0.39 is 62.3 Å². The Morgan fingerprint density at radius 1 is 0.500 bits per heavy atom. The van der Waals surface area contributed by atoms with Gasteiger partial charge in [-0.1, -0.05) is 82.3 Å². The molecule has 13 heteroatoms. The van der Waals surface area contributed by atoms with Crippen LogP contribution in [-0.2, 0) is 29.5 Å². The Bertz CT molecular complexity index is 2080. The molecule has 230 valence electrons. The van der Waals surface area contributed by atoms with Gasteiger partial charge in [0.05, 0.1) is 30.8 Å². The molecule has 0 aliphatic heterocycles. The van der Waals surface area contributed by atoms with E-state index in [4.69, 9.17) is 46.4 Å². The molecule has 2 unspecified atom stereocenters. The quantitative estimate of drug-likeness (QED) is 0.188. The lowest BCUT2D eigenvalue weighted by Crippen LogP contribution is -2.24. The topological polar surface area (TPSA) is 102 Å². The molecule has 4 aromatic rings. The minimum absolute atomic E-state index is 0.0693. The van der Waals surface area contributed by atoms with E-state index in [-0.39, 0.29) is 14.8 Å². The van der Waals surface area contributed by atoms with Crippen molar-refractivity contribution < 1.29 is 25.3 Å². The van der Waals surface area contributed by atoms with Crippen LogP contribution in [0.1, 0.15) is 28.5 Å².